The Morgan fingerprint density at radius 3 is 2.33 bits per heavy atom. The van der Waals surface area contributed by atoms with Gasteiger partial charge in [-0.15, -0.1) is 0 Å². The van der Waals surface area contributed by atoms with E-state index in [0.29, 0.717) is 0 Å². The summed E-state index contributed by atoms with van der Waals surface area (Å²) < 4.78 is 12.9. The van der Waals surface area contributed by atoms with Gasteiger partial charge in [0, 0.05) is 0 Å². The first-order valence-electron chi connectivity index (χ1n) is 4.83. The van der Waals surface area contributed by atoms with E-state index in [2.05, 4.69) is 0 Å². The quantitative estimate of drug-likeness (QED) is 0.742. The minimum atomic E-state index is -0.355. The summed E-state index contributed by atoms with van der Waals surface area (Å²) in [5, 5.41) is 0. The van der Waals surface area contributed by atoms with Crippen molar-refractivity contribution in [2.45, 2.75) is 6.42 Å². The summed E-state index contributed by atoms with van der Waals surface area (Å²) in [7, 11) is 0. The summed E-state index contributed by atoms with van der Waals surface area (Å²) in [6, 6.07) is 14.9. The molecule has 2 rings (SSSR count). The van der Waals surface area contributed by atoms with Crippen molar-refractivity contribution < 1.29 is 4.39 Å². The molecular formula is C13H12FN. The van der Waals surface area contributed by atoms with E-state index >= 15 is 0 Å². The van der Waals surface area contributed by atoms with Crippen LogP contribution in [0.2, 0.25) is 0 Å². The van der Waals surface area contributed by atoms with Crippen LogP contribution in [0.25, 0.3) is 0 Å². The zero-order valence-corrected chi connectivity index (χ0v) is 8.28. The first kappa shape index (κ1) is 9.71. The molecule has 0 saturated carbocycles. The Kier molecular flexibility index (Phi) is 2.68. The molecule has 0 spiro atoms. The molecule has 2 heteroatoms. The van der Waals surface area contributed by atoms with Gasteiger partial charge in [-0.05, 0) is 29.7 Å². The Labute approximate surface area is 88.4 Å². The van der Waals surface area contributed by atoms with Crippen molar-refractivity contribution in [3.05, 3.63) is 65.5 Å². The van der Waals surface area contributed by atoms with Crippen molar-refractivity contribution in [3.8, 4) is 0 Å². The van der Waals surface area contributed by atoms with E-state index < -0.39 is 0 Å². The molecule has 15 heavy (non-hydrogen) atoms. The van der Waals surface area contributed by atoms with E-state index in [1.54, 1.807) is 12.1 Å². The average molecular weight is 201 g/mol. The summed E-state index contributed by atoms with van der Waals surface area (Å²) in [5.74, 6) is -0.355. The fourth-order valence-electron chi connectivity index (χ4n) is 1.53. The van der Waals surface area contributed by atoms with Crippen LogP contribution in [0, 0.1) is 5.82 Å². The highest BCUT2D eigenvalue weighted by Gasteiger charge is 2.00. The van der Waals surface area contributed by atoms with E-state index in [1.165, 1.54) is 11.6 Å². The molecule has 2 aromatic rings. The Hall–Kier alpha value is -1.83. The van der Waals surface area contributed by atoms with Gasteiger partial charge in [0.1, 0.15) is 5.82 Å². The number of hydrogen-bond donors (Lipinski definition) is 1. The third-order valence-electron chi connectivity index (χ3n) is 2.31. The van der Waals surface area contributed by atoms with E-state index in [0.717, 1.165) is 12.0 Å². The van der Waals surface area contributed by atoms with Gasteiger partial charge >= 0.3 is 0 Å². The molecule has 1 nitrogen and oxygen atoms in total. The second-order valence-electron chi connectivity index (χ2n) is 3.52. The van der Waals surface area contributed by atoms with Crippen LogP contribution in [0.4, 0.5) is 10.1 Å². The van der Waals surface area contributed by atoms with E-state index in [1.807, 2.05) is 30.3 Å². The van der Waals surface area contributed by atoms with Gasteiger partial charge in [0.15, 0.2) is 0 Å². The minimum absolute atomic E-state index is 0.212. The molecule has 0 amide bonds. The molecule has 0 aliphatic heterocycles. The molecule has 0 aliphatic carbocycles. The maximum absolute atomic E-state index is 12.9. The highest BCUT2D eigenvalue weighted by atomic mass is 19.1. The number of rotatable bonds is 2. The number of anilines is 1. The summed E-state index contributed by atoms with van der Waals surface area (Å²) in [6.45, 7) is 0. The molecule has 0 heterocycles. The summed E-state index contributed by atoms with van der Waals surface area (Å²) in [5.41, 5.74) is 7.94. The molecule has 0 aliphatic rings. The fraction of sp³-hybridized carbons (Fsp3) is 0.0769. The lowest BCUT2D eigenvalue weighted by Crippen LogP contribution is -1.94. The van der Waals surface area contributed by atoms with Gasteiger partial charge in [-0.2, -0.15) is 0 Å². The number of nitrogens with two attached hydrogens (primary N) is 1. The average Bonchev–Trinajstić information content (AvgIpc) is 2.25. The number of nitrogen functional groups attached to an aromatic ring is 1. The monoisotopic (exact) mass is 201 g/mol. The molecule has 0 aromatic heterocycles. The van der Waals surface area contributed by atoms with Gasteiger partial charge in [-0.3, -0.25) is 0 Å². The van der Waals surface area contributed by atoms with Crippen molar-refractivity contribution in [2.24, 2.45) is 0 Å². The van der Waals surface area contributed by atoms with Crippen LogP contribution in [0.15, 0.2) is 48.5 Å². The SMILES string of the molecule is Nc1cc(Cc2ccccc2)ccc1F. The van der Waals surface area contributed by atoms with E-state index in [-0.39, 0.29) is 11.5 Å². The normalized spacial score (nSPS) is 10.2. The Balaban J connectivity index is 2.22. The summed E-state index contributed by atoms with van der Waals surface area (Å²) >= 11 is 0. The van der Waals surface area contributed by atoms with Crippen LogP contribution in [-0.4, -0.2) is 0 Å². The zero-order valence-electron chi connectivity index (χ0n) is 8.28. The number of halogens is 1. The Morgan fingerprint density at radius 1 is 0.933 bits per heavy atom. The maximum Gasteiger partial charge on any atom is 0.146 e. The predicted molar refractivity (Wildman–Crippen MR) is 60.1 cm³/mol. The first-order chi connectivity index (χ1) is 7.25. The molecule has 0 fully saturated rings. The predicted octanol–water partition coefficient (Wildman–Crippen LogP) is 3.00. The molecule has 76 valence electrons. The van der Waals surface area contributed by atoms with Crippen LogP contribution in [0.3, 0.4) is 0 Å². The highest BCUT2D eigenvalue weighted by Crippen LogP contribution is 2.15. The van der Waals surface area contributed by atoms with Gasteiger partial charge in [0.2, 0.25) is 0 Å². The topological polar surface area (TPSA) is 26.0 Å². The largest absolute Gasteiger partial charge is 0.396 e. The molecule has 0 radical (unpaired) electrons. The molecule has 0 saturated heterocycles. The van der Waals surface area contributed by atoms with Crippen LogP contribution < -0.4 is 5.73 Å². The van der Waals surface area contributed by atoms with Crippen LogP contribution in [0.5, 0.6) is 0 Å². The second kappa shape index (κ2) is 4.13. The minimum Gasteiger partial charge on any atom is -0.396 e. The van der Waals surface area contributed by atoms with Crippen molar-refractivity contribution in [3.63, 3.8) is 0 Å². The molecule has 0 atom stereocenters. The van der Waals surface area contributed by atoms with Crippen molar-refractivity contribution >= 4 is 5.69 Å². The first-order valence-corrected chi connectivity index (χ1v) is 4.83. The number of benzene rings is 2. The van der Waals surface area contributed by atoms with Gasteiger partial charge in [-0.25, -0.2) is 4.39 Å². The van der Waals surface area contributed by atoms with Crippen molar-refractivity contribution in [1.29, 1.82) is 0 Å². The highest BCUT2D eigenvalue weighted by molar-refractivity contribution is 5.43. The van der Waals surface area contributed by atoms with Crippen LogP contribution in [0.1, 0.15) is 11.1 Å². The van der Waals surface area contributed by atoms with Gasteiger partial charge in [0.25, 0.3) is 0 Å². The Bertz CT molecular complexity index is 451. The van der Waals surface area contributed by atoms with E-state index in [9.17, 15) is 4.39 Å². The summed E-state index contributed by atoms with van der Waals surface area (Å²) in [6.07, 6.45) is 0.783. The smallest absolute Gasteiger partial charge is 0.146 e. The second-order valence-corrected chi connectivity index (χ2v) is 3.52. The lowest BCUT2D eigenvalue weighted by Gasteiger charge is -2.03. The van der Waals surface area contributed by atoms with Crippen molar-refractivity contribution in [1.82, 2.24) is 0 Å². The number of hydrogen-bond acceptors (Lipinski definition) is 1. The standard InChI is InChI=1S/C13H12FN/c14-12-7-6-11(9-13(12)15)8-10-4-2-1-3-5-10/h1-7,9H,8,15H2. The Morgan fingerprint density at radius 2 is 1.67 bits per heavy atom. The third-order valence-corrected chi connectivity index (χ3v) is 2.31. The summed E-state index contributed by atoms with van der Waals surface area (Å²) in [4.78, 5) is 0. The van der Waals surface area contributed by atoms with Crippen LogP contribution >= 0.6 is 0 Å². The van der Waals surface area contributed by atoms with Crippen LogP contribution in [-0.2, 0) is 6.42 Å². The van der Waals surface area contributed by atoms with Gasteiger partial charge in [-0.1, -0.05) is 36.4 Å². The molecule has 0 unspecified atom stereocenters. The van der Waals surface area contributed by atoms with Crippen molar-refractivity contribution in [2.75, 3.05) is 5.73 Å². The van der Waals surface area contributed by atoms with Gasteiger partial charge < -0.3 is 5.73 Å². The van der Waals surface area contributed by atoms with Gasteiger partial charge in [0.05, 0.1) is 5.69 Å². The molecular weight excluding hydrogens is 189 g/mol. The lowest BCUT2D eigenvalue weighted by molar-refractivity contribution is 0.632. The molecule has 2 N–H and O–H groups in total. The van der Waals surface area contributed by atoms with E-state index in [4.69, 9.17) is 5.73 Å². The third kappa shape index (κ3) is 2.34. The molecule has 2 aromatic carbocycles. The zero-order chi connectivity index (χ0) is 10.7. The maximum atomic E-state index is 12.9. The fourth-order valence-corrected chi connectivity index (χ4v) is 1.53. The lowest BCUT2D eigenvalue weighted by atomic mass is 10.0. The molecule has 0 bridgehead atoms.